The molecular weight excluding hydrogens is 238 g/mol. The summed E-state index contributed by atoms with van der Waals surface area (Å²) in [6.45, 7) is 11.8. The van der Waals surface area contributed by atoms with Gasteiger partial charge in [0.25, 0.3) is 0 Å². The minimum absolute atomic E-state index is 0.159. The van der Waals surface area contributed by atoms with Gasteiger partial charge in [0.2, 0.25) is 0 Å². The van der Waals surface area contributed by atoms with Crippen LogP contribution in [-0.4, -0.2) is 53.6 Å². The van der Waals surface area contributed by atoms with Gasteiger partial charge in [-0.25, -0.2) is 4.79 Å². The quantitative estimate of drug-likeness (QED) is 0.829. The molecule has 0 aromatic heterocycles. The van der Waals surface area contributed by atoms with Crippen molar-refractivity contribution in [2.24, 2.45) is 5.92 Å². The first kappa shape index (κ1) is 14.6. The topological polar surface area (TPSA) is 35.6 Å². The number of carbonyl (C=O) groups excluding carboxylic acids is 1. The third-order valence-corrected chi connectivity index (χ3v) is 4.09. The summed E-state index contributed by atoms with van der Waals surface area (Å²) in [7, 11) is 0. The maximum atomic E-state index is 12.4. The molecule has 2 fully saturated rings. The van der Waals surface area contributed by atoms with Crippen molar-refractivity contribution in [2.75, 3.05) is 19.6 Å². The van der Waals surface area contributed by atoms with Gasteiger partial charge in [0.15, 0.2) is 0 Å². The summed E-state index contributed by atoms with van der Waals surface area (Å²) in [5.41, 5.74) is 0. The van der Waals surface area contributed by atoms with Crippen LogP contribution in [0.4, 0.5) is 4.79 Å². The summed E-state index contributed by atoms with van der Waals surface area (Å²) in [6, 6.07) is 1.58. The zero-order valence-corrected chi connectivity index (χ0v) is 12.9. The third kappa shape index (κ3) is 4.10. The molecule has 1 unspecified atom stereocenters. The predicted octanol–water partition coefficient (Wildman–Crippen LogP) is 2.30. The SMILES string of the molecule is CC(C)CN(C(=O)NC1CCN(C(C)C)C1)C1CC1. The normalized spacial score (nSPS) is 24.2. The number of hydrogen-bond donors (Lipinski definition) is 1. The van der Waals surface area contributed by atoms with E-state index < -0.39 is 0 Å². The van der Waals surface area contributed by atoms with Gasteiger partial charge in [-0.3, -0.25) is 4.90 Å². The second-order valence-corrected chi connectivity index (χ2v) is 6.80. The average Bonchev–Trinajstić information content (AvgIpc) is 3.05. The molecule has 1 atom stereocenters. The second-order valence-electron chi connectivity index (χ2n) is 6.80. The molecule has 1 saturated carbocycles. The first-order valence-electron chi connectivity index (χ1n) is 7.78. The number of urea groups is 1. The molecule has 0 aromatic rings. The van der Waals surface area contributed by atoms with Crippen LogP contribution in [0.25, 0.3) is 0 Å². The van der Waals surface area contributed by atoms with Gasteiger partial charge in [-0.15, -0.1) is 0 Å². The van der Waals surface area contributed by atoms with Gasteiger partial charge in [-0.05, 0) is 39.0 Å². The third-order valence-electron chi connectivity index (χ3n) is 4.09. The molecule has 1 N–H and O–H groups in total. The minimum Gasteiger partial charge on any atom is -0.334 e. The molecule has 0 bridgehead atoms. The Hall–Kier alpha value is -0.770. The van der Waals surface area contributed by atoms with Crippen LogP contribution in [-0.2, 0) is 0 Å². The van der Waals surface area contributed by atoms with Crippen molar-refractivity contribution in [1.29, 1.82) is 0 Å². The fourth-order valence-corrected chi connectivity index (χ4v) is 2.81. The Morgan fingerprint density at radius 1 is 1.26 bits per heavy atom. The van der Waals surface area contributed by atoms with Crippen LogP contribution in [0, 0.1) is 5.92 Å². The average molecular weight is 267 g/mol. The first-order chi connectivity index (χ1) is 8.97. The molecule has 2 aliphatic rings. The smallest absolute Gasteiger partial charge is 0.317 e. The molecule has 0 spiro atoms. The number of amides is 2. The minimum atomic E-state index is 0.159. The van der Waals surface area contributed by atoms with Crippen molar-refractivity contribution >= 4 is 6.03 Å². The molecule has 1 saturated heterocycles. The van der Waals surface area contributed by atoms with Gasteiger partial charge < -0.3 is 10.2 Å². The molecule has 0 radical (unpaired) electrons. The van der Waals surface area contributed by atoms with Crippen molar-refractivity contribution in [3.05, 3.63) is 0 Å². The van der Waals surface area contributed by atoms with Crippen LogP contribution in [0.2, 0.25) is 0 Å². The van der Waals surface area contributed by atoms with E-state index in [9.17, 15) is 4.79 Å². The molecule has 0 aromatic carbocycles. The monoisotopic (exact) mass is 267 g/mol. The van der Waals surface area contributed by atoms with Crippen LogP contribution in [0.5, 0.6) is 0 Å². The lowest BCUT2D eigenvalue weighted by Gasteiger charge is -2.27. The Labute approximate surface area is 117 Å². The zero-order valence-electron chi connectivity index (χ0n) is 12.9. The molecule has 110 valence electrons. The van der Waals surface area contributed by atoms with Crippen molar-refractivity contribution < 1.29 is 4.79 Å². The summed E-state index contributed by atoms with van der Waals surface area (Å²) in [5.74, 6) is 0.544. The predicted molar refractivity (Wildman–Crippen MR) is 78.2 cm³/mol. The molecule has 2 amide bonds. The Morgan fingerprint density at radius 2 is 1.95 bits per heavy atom. The highest BCUT2D eigenvalue weighted by atomic mass is 16.2. The lowest BCUT2D eigenvalue weighted by atomic mass is 10.2. The molecule has 19 heavy (non-hydrogen) atoms. The van der Waals surface area contributed by atoms with E-state index >= 15 is 0 Å². The second kappa shape index (κ2) is 6.12. The lowest BCUT2D eigenvalue weighted by molar-refractivity contribution is 0.182. The molecule has 4 nitrogen and oxygen atoms in total. The van der Waals surface area contributed by atoms with E-state index in [-0.39, 0.29) is 6.03 Å². The van der Waals surface area contributed by atoms with E-state index in [1.807, 2.05) is 0 Å². The summed E-state index contributed by atoms with van der Waals surface area (Å²) in [5, 5.41) is 3.24. The van der Waals surface area contributed by atoms with E-state index in [4.69, 9.17) is 0 Å². The van der Waals surface area contributed by atoms with Crippen molar-refractivity contribution in [3.63, 3.8) is 0 Å². The molecule has 1 aliphatic carbocycles. The van der Waals surface area contributed by atoms with Crippen LogP contribution in [0.1, 0.15) is 47.0 Å². The van der Waals surface area contributed by atoms with E-state index in [0.717, 1.165) is 26.1 Å². The van der Waals surface area contributed by atoms with Gasteiger partial charge in [-0.1, -0.05) is 13.8 Å². The zero-order chi connectivity index (χ0) is 14.0. The van der Waals surface area contributed by atoms with Gasteiger partial charge >= 0.3 is 6.03 Å². The van der Waals surface area contributed by atoms with E-state index in [0.29, 0.717) is 24.0 Å². The van der Waals surface area contributed by atoms with Crippen LogP contribution in [0.15, 0.2) is 0 Å². The molecular formula is C15H29N3O. The summed E-state index contributed by atoms with van der Waals surface area (Å²) in [4.78, 5) is 16.9. The highest BCUT2D eigenvalue weighted by Crippen LogP contribution is 2.27. The van der Waals surface area contributed by atoms with Gasteiger partial charge in [-0.2, -0.15) is 0 Å². The highest BCUT2D eigenvalue weighted by molar-refractivity contribution is 5.75. The fourth-order valence-electron chi connectivity index (χ4n) is 2.81. The maximum Gasteiger partial charge on any atom is 0.317 e. The number of likely N-dealkylation sites (tertiary alicyclic amines) is 1. The molecule has 1 heterocycles. The molecule has 4 heteroatoms. The van der Waals surface area contributed by atoms with Crippen molar-refractivity contribution in [2.45, 2.75) is 65.1 Å². The number of hydrogen-bond acceptors (Lipinski definition) is 2. The Kier molecular flexibility index (Phi) is 4.71. The van der Waals surface area contributed by atoms with E-state index in [1.165, 1.54) is 12.8 Å². The Bertz CT molecular complexity index is 313. The van der Waals surface area contributed by atoms with Crippen LogP contribution < -0.4 is 5.32 Å². The van der Waals surface area contributed by atoms with Gasteiger partial charge in [0.1, 0.15) is 0 Å². The van der Waals surface area contributed by atoms with Gasteiger partial charge in [0, 0.05) is 37.8 Å². The highest BCUT2D eigenvalue weighted by Gasteiger charge is 2.34. The van der Waals surface area contributed by atoms with Crippen molar-refractivity contribution in [1.82, 2.24) is 15.1 Å². The summed E-state index contributed by atoms with van der Waals surface area (Å²) in [6.07, 6.45) is 3.45. The first-order valence-corrected chi connectivity index (χ1v) is 7.78. The number of rotatable bonds is 5. The van der Waals surface area contributed by atoms with Crippen molar-refractivity contribution in [3.8, 4) is 0 Å². The van der Waals surface area contributed by atoms with E-state index in [1.54, 1.807) is 0 Å². The van der Waals surface area contributed by atoms with Crippen LogP contribution in [0.3, 0.4) is 0 Å². The Balaban J connectivity index is 1.82. The summed E-state index contributed by atoms with van der Waals surface area (Å²) >= 11 is 0. The lowest BCUT2D eigenvalue weighted by Crippen LogP contribution is -2.48. The molecule has 2 rings (SSSR count). The van der Waals surface area contributed by atoms with Gasteiger partial charge in [0.05, 0.1) is 0 Å². The largest absolute Gasteiger partial charge is 0.334 e. The standard InChI is InChI=1S/C15H29N3O/c1-11(2)9-18(14-5-6-14)15(19)16-13-7-8-17(10-13)12(3)4/h11-14H,5-10H2,1-4H3,(H,16,19). The number of nitrogens with zero attached hydrogens (tertiary/aromatic N) is 2. The number of carbonyl (C=O) groups is 1. The van der Waals surface area contributed by atoms with E-state index in [2.05, 4.69) is 42.8 Å². The maximum absolute atomic E-state index is 12.4. The summed E-state index contributed by atoms with van der Waals surface area (Å²) < 4.78 is 0. The van der Waals surface area contributed by atoms with Crippen LogP contribution >= 0.6 is 0 Å². The molecule has 1 aliphatic heterocycles. The number of nitrogens with one attached hydrogen (secondary N) is 1. The fraction of sp³-hybridized carbons (Fsp3) is 0.933. The Morgan fingerprint density at radius 3 is 2.42 bits per heavy atom.